The number of benzene rings is 1. The molecule has 2 aromatic heterocycles. The van der Waals surface area contributed by atoms with Crippen LogP contribution in [0.15, 0.2) is 30.5 Å². The van der Waals surface area contributed by atoms with Gasteiger partial charge in [-0.1, -0.05) is 0 Å². The van der Waals surface area contributed by atoms with E-state index < -0.39 is 0 Å². The zero-order chi connectivity index (χ0) is 17.9. The molecule has 0 amide bonds. The Hall–Kier alpha value is -2.74. The summed E-state index contributed by atoms with van der Waals surface area (Å²) < 4.78 is 14.9. The monoisotopic (exact) mass is 356 g/mol. The summed E-state index contributed by atoms with van der Waals surface area (Å²) in [7, 11) is 0. The summed E-state index contributed by atoms with van der Waals surface area (Å²) in [5.74, 6) is 1.01. The van der Waals surface area contributed by atoms with Gasteiger partial charge in [0, 0.05) is 19.6 Å². The number of anilines is 2. The Bertz CT molecular complexity index is 889. The van der Waals surface area contributed by atoms with Crippen LogP contribution in [0.3, 0.4) is 0 Å². The van der Waals surface area contributed by atoms with Crippen LogP contribution in [-0.2, 0) is 0 Å². The minimum absolute atomic E-state index is 0.0106. The number of aromatic nitrogens is 4. The minimum Gasteiger partial charge on any atom is -0.395 e. The highest BCUT2D eigenvalue weighted by molar-refractivity contribution is 5.88. The van der Waals surface area contributed by atoms with Gasteiger partial charge in [0.1, 0.15) is 11.6 Å². The Morgan fingerprint density at radius 2 is 1.85 bits per heavy atom. The number of nitrogens with one attached hydrogen (secondary N) is 1. The van der Waals surface area contributed by atoms with Gasteiger partial charge in [0.15, 0.2) is 5.65 Å². The van der Waals surface area contributed by atoms with E-state index in [0.29, 0.717) is 24.0 Å². The van der Waals surface area contributed by atoms with E-state index in [9.17, 15) is 4.39 Å². The lowest BCUT2D eigenvalue weighted by Gasteiger charge is -2.27. The maximum atomic E-state index is 13.3. The molecule has 1 fully saturated rings. The summed E-state index contributed by atoms with van der Waals surface area (Å²) in [6.45, 7) is 2.26. The topological polar surface area (TPSA) is 79.1 Å². The molecule has 8 heteroatoms. The number of hydrogen-bond donors (Lipinski definition) is 2. The summed E-state index contributed by atoms with van der Waals surface area (Å²) in [5.41, 5.74) is 1.39. The first-order valence-electron chi connectivity index (χ1n) is 8.87. The second-order valence-electron chi connectivity index (χ2n) is 6.34. The Balaban J connectivity index is 1.82. The Labute approximate surface area is 150 Å². The minimum atomic E-state index is -0.292. The van der Waals surface area contributed by atoms with Crippen molar-refractivity contribution in [2.45, 2.75) is 19.3 Å². The van der Waals surface area contributed by atoms with Crippen molar-refractivity contribution in [3.63, 3.8) is 0 Å². The molecule has 0 atom stereocenters. The number of rotatable bonds is 5. The van der Waals surface area contributed by atoms with Gasteiger partial charge >= 0.3 is 0 Å². The highest BCUT2D eigenvalue weighted by atomic mass is 19.1. The van der Waals surface area contributed by atoms with Crippen LogP contribution in [0, 0.1) is 5.82 Å². The first-order valence-corrected chi connectivity index (χ1v) is 8.87. The van der Waals surface area contributed by atoms with Gasteiger partial charge < -0.3 is 15.3 Å². The summed E-state index contributed by atoms with van der Waals surface area (Å²) in [4.78, 5) is 11.6. The SMILES string of the molecule is OCCNc1nc(N2CCCCC2)nc2c1cnn2-c1ccc(F)cc1. The summed E-state index contributed by atoms with van der Waals surface area (Å²) in [5, 5.41) is 17.5. The van der Waals surface area contributed by atoms with Crippen LogP contribution >= 0.6 is 0 Å². The number of halogens is 1. The summed E-state index contributed by atoms with van der Waals surface area (Å²) in [6.07, 6.45) is 5.16. The van der Waals surface area contributed by atoms with Gasteiger partial charge in [0.05, 0.1) is 23.9 Å². The molecule has 26 heavy (non-hydrogen) atoms. The highest BCUT2D eigenvalue weighted by Crippen LogP contribution is 2.26. The molecular weight excluding hydrogens is 335 g/mol. The fraction of sp³-hybridized carbons (Fsp3) is 0.389. The molecule has 3 aromatic rings. The fourth-order valence-corrected chi connectivity index (χ4v) is 3.21. The van der Waals surface area contributed by atoms with E-state index in [1.54, 1.807) is 23.0 Å². The number of aliphatic hydroxyl groups excluding tert-OH is 1. The maximum absolute atomic E-state index is 13.3. The van der Waals surface area contributed by atoms with E-state index in [1.165, 1.54) is 18.6 Å². The largest absolute Gasteiger partial charge is 0.395 e. The lowest BCUT2D eigenvalue weighted by molar-refractivity contribution is 0.311. The smallest absolute Gasteiger partial charge is 0.229 e. The van der Waals surface area contributed by atoms with Gasteiger partial charge in [0.2, 0.25) is 5.95 Å². The maximum Gasteiger partial charge on any atom is 0.229 e. The summed E-state index contributed by atoms with van der Waals surface area (Å²) in [6, 6.07) is 6.15. The number of fused-ring (bicyclic) bond motifs is 1. The molecule has 1 aromatic carbocycles. The molecule has 0 spiro atoms. The van der Waals surface area contributed by atoms with E-state index in [-0.39, 0.29) is 12.4 Å². The van der Waals surface area contributed by atoms with Gasteiger partial charge in [-0.15, -0.1) is 0 Å². The van der Waals surface area contributed by atoms with Gasteiger partial charge in [-0.2, -0.15) is 15.1 Å². The van der Waals surface area contributed by atoms with Crippen LogP contribution in [0.1, 0.15) is 19.3 Å². The van der Waals surface area contributed by atoms with Gasteiger partial charge in [-0.25, -0.2) is 9.07 Å². The van der Waals surface area contributed by atoms with E-state index in [4.69, 9.17) is 10.1 Å². The molecule has 0 bridgehead atoms. The first-order chi connectivity index (χ1) is 12.8. The van der Waals surface area contributed by atoms with E-state index in [2.05, 4.69) is 20.3 Å². The predicted molar refractivity (Wildman–Crippen MR) is 98.3 cm³/mol. The number of aliphatic hydroxyl groups is 1. The Kier molecular flexibility index (Phi) is 4.66. The lowest BCUT2D eigenvalue weighted by atomic mass is 10.1. The average Bonchev–Trinajstić information content (AvgIpc) is 3.11. The molecule has 0 saturated carbocycles. The molecule has 0 aliphatic carbocycles. The normalized spacial score (nSPS) is 14.8. The second-order valence-corrected chi connectivity index (χ2v) is 6.34. The van der Waals surface area contributed by atoms with Crippen LogP contribution in [0.4, 0.5) is 16.2 Å². The fourth-order valence-electron chi connectivity index (χ4n) is 3.21. The van der Waals surface area contributed by atoms with Crippen molar-refractivity contribution in [1.82, 2.24) is 19.7 Å². The number of hydrogen-bond acceptors (Lipinski definition) is 6. The molecular formula is C18H21FN6O. The summed E-state index contributed by atoms with van der Waals surface area (Å²) >= 11 is 0. The van der Waals surface area contributed by atoms with Crippen LogP contribution < -0.4 is 10.2 Å². The number of piperidine rings is 1. The molecule has 0 unspecified atom stereocenters. The standard InChI is InChI=1S/C18H21FN6O/c19-13-4-6-14(7-5-13)25-17-15(12-21-25)16(20-8-11-26)22-18(23-17)24-9-2-1-3-10-24/h4-7,12,26H,1-3,8-11H2,(H,20,22,23). The van der Waals surface area contributed by atoms with Crippen molar-refractivity contribution in [2.24, 2.45) is 0 Å². The quantitative estimate of drug-likeness (QED) is 0.731. The second kappa shape index (κ2) is 7.25. The molecule has 3 heterocycles. The van der Waals surface area contributed by atoms with Crippen molar-refractivity contribution in [3.8, 4) is 5.69 Å². The van der Waals surface area contributed by atoms with Crippen LogP contribution in [0.25, 0.3) is 16.7 Å². The van der Waals surface area contributed by atoms with E-state index in [0.717, 1.165) is 37.0 Å². The molecule has 4 rings (SSSR count). The van der Waals surface area contributed by atoms with E-state index >= 15 is 0 Å². The van der Waals surface area contributed by atoms with Gasteiger partial charge in [-0.05, 0) is 43.5 Å². The molecule has 1 aliphatic rings. The first kappa shape index (κ1) is 16.7. The van der Waals surface area contributed by atoms with Gasteiger partial charge in [-0.3, -0.25) is 0 Å². The Morgan fingerprint density at radius 3 is 2.58 bits per heavy atom. The zero-order valence-electron chi connectivity index (χ0n) is 14.4. The van der Waals surface area contributed by atoms with Crippen LogP contribution in [-0.4, -0.2) is 51.1 Å². The molecule has 136 valence electrons. The van der Waals surface area contributed by atoms with Crippen molar-refractivity contribution in [1.29, 1.82) is 0 Å². The van der Waals surface area contributed by atoms with Crippen molar-refractivity contribution < 1.29 is 9.50 Å². The third kappa shape index (κ3) is 3.20. The van der Waals surface area contributed by atoms with E-state index in [1.807, 2.05) is 0 Å². The van der Waals surface area contributed by atoms with Crippen molar-refractivity contribution in [2.75, 3.05) is 36.5 Å². The third-order valence-electron chi connectivity index (χ3n) is 4.53. The lowest BCUT2D eigenvalue weighted by Crippen LogP contribution is -2.31. The molecule has 1 saturated heterocycles. The highest BCUT2D eigenvalue weighted by Gasteiger charge is 2.19. The molecule has 7 nitrogen and oxygen atoms in total. The van der Waals surface area contributed by atoms with Crippen LogP contribution in [0.2, 0.25) is 0 Å². The predicted octanol–water partition coefficient (Wildman–Crippen LogP) is 2.35. The van der Waals surface area contributed by atoms with Crippen molar-refractivity contribution in [3.05, 3.63) is 36.3 Å². The number of nitrogens with zero attached hydrogens (tertiary/aromatic N) is 5. The Morgan fingerprint density at radius 1 is 1.08 bits per heavy atom. The zero-order valence-corrected chi connectivity index (χ0v) is 14.4. The van der Waals surface area contributed by atoms with Gasteiger partial charge in [0.25, 0.3) is 0 Å². The van der Waals surface area contributed by atoms with Crippen molar-refractivity contribution >= 4 is 22.8 Å². The van der Waals surface area contributed by atoms with Crippen LogP contribution in [0.5, 0.6) is 0 Å². The molecule has 2 N–H and O–H groups in total. The third-order valence-corrected chi connectivity index (χ3v) is 4.53. The molecule has 0 radical (unpaired) electrons. The average molecular weight is 356 g/mol. The molecule has 1 aliphatic heterocycles.